The predicted molar refractivity (Wildman–Crippen MR) is 110 cm³/mol. The van der Waals surface area contributed by atoms with Crippen LogP contribution in [0, 0.1) is 0 Å². The molecule has 0 aliphatic carbocycles. The maximum atomic E-state index is 9.95. The van der Waals surface area contributed by atoms with Crippen molar-refractivity contribution >= 4 is 0 Å². The lowest BCUT2D eigenvalue weighted by Crippen LogP contribution is -2.16. The quantitative estimate of drug-likeness (QED) is 0.430. The number of rotatable bonds is 12. The Bertz CT molecular complexity index is 636. The summed E-state index contributed by atoms with van der Waals surface area (Å²) in [6.45, 7) is 4.33. The maximum absolute atomic E-state index is 9.95. The zero-order valence-electron chi connectivity index (χ0n) is 16.4. The van der Waals surface area contributed by atoms with Gasteiger partial charge in [-0.1, -0.05) is 81.8 Å². The summed E-state index contributed by atoms with van der Waals surface area (Å²) in [6, 6.07) is 15.9. The summed E-state index contributed by atoms with van der Waals surface area (Å²) in [5.74, 6) is 1.33. The molecule has 1 N–H and O–H groups in total. The molecule has 0 fully saturated rings. The molecule has 0 aliphatic rings. The number of aryl methyl sites for hydroxylation is 1. The lowest BCUT2D eigenvalue weighted by molar-refractivity contribution is 0.218. The van der Waals surface area contributed by atoms with E-state index >= 15 is 0 Å². The molecule has 2 aromatic carbocycles. The van der Waals surface area contributed by atoms with Gasteiger partial charge >= 0.3 is 0 Å². The Hall–Kier alpha value is -1.96. The van der Waals surface area contributed by atoms with E-state index in [1.165, 1.54) is 50.5 Å². The molecule has 0 aliphatic heterocycles. The molecule has 0 heterocycles. The molecule has 0 radical (unpaired) electrons. The highest BCUT2D eigenvalue weighted by Crippen LogP contribution is 2.24. The number of phenolic OH excluding ortho intramolecular Hbond substituents is 1. The first kappa shape index (κ1) is 20.4. The molecule has 0 bridgehead atoms. The Labute approximate surface area is 159 Å². The van der Waals surface area contributed by atoms with Crippen LogP contribution in [0.4, 0.5) is 0 Å². The molecule has 0 saturated carbocycles. The first-order chi connectivity index (χ1) is 12.7. The van der Waals surface area contributed by atoms with E-state index in [0.29, 0.717) is 12.2 Å². The third-order valence-electron chi connectivity index (χ3n) is 4.85. The first-order valence-corrected chi connectivity index (χ1v) is 10.2. The number of phenols is 1. The standard InChI is InChI=1S/C24H34O2/c1-3-4-5-6-7-8-9-14-21-15-11-13-18-24(21)26-20(2)19-22-16-10-12-17-23(22)25/h10-13,15-18,20,25H,3-9,14,19H2,1-2H3. The van der Waals surface area contributed by atoms with Crippen molar-refractivity contribution in [1.82, 2.24) is 0 Å². The highest BCUT2D eigenvalue weighted by atomic mass is 16.5. The molecule has 2 aromatic rings. The summed E-state index contributed by atoms with van der Waals surface area (Å²) in [4.78, 5) is 0. The molecule has 2 nitrogen and oxygen atoms in total. The van der Waals surface area contributed by atoms with Crippen molar-refractivity contribution in [2.24, 2.45) is 0 Å². The number of aromatic hydroxyl groups is 1. The number of hydrogen-bond donors (Lipinski definition) is 1. The van der Waals surface area contributed by atoms with Crippen molar-refractivity contribution in [3.8, 4) is 11.5 Å². The molecule has 1 unspecified atom stereocenters. The van der Waals surface area contributed by atoms with Crippen molar-refractivity contribution in [2.45, 2.75) is 77.7 Å². The fourth-order valence-electron chi connectivity index (χ4n) is 3.35. The van der Waals surface area contributed by atoms with Crippen LogP contribution >= 0.6 is 0 Å². The van der Waals surface area contributed by atoms with Gasteiger partial charge in [0.15, 0.2) is 0 Å². The van der Waals surface area contributed by atoms with Crippen LogP contribution in [-0.2, 0) is 12.8 Å². The fraction of sp³-hybridized carbons (Fsp3) is 0.500. The zero-order chi connectivity index (χ0) is 18.6. The second-order valence-electron chi connectivity index (χ2n) is 7.24. The van der Waals surface area contributed by atoms with Crippen LogP contribution in [0.25, 0.3) is 0 Å². The Morgan fingerprint density at radius 2 is 1.42 bits per heavy atom. The highest BCUT2D eigenvalue weighted by molar-refractivity contribution is 5.35. The molecule has 142 valence electrons. The molecule has 0 saturated heterocycles. The Balaban J connectivity index is 1.81. The van der Waals surface area contributed by atoms with Gasteiger partial charge in [0.1, 0.15) is 17.6 Å². The van der Waals surface area contributed by atoms with E-state index in [0.717, 1.165) is 17.7 Å². The van der Waals surface area contributed by atoms with Crippen molar-refractivity contribution in [3.63, 3.8) is 0 Å². The molecule has 1 atom stereocenters. The molecular weight excluding hydrogens is 320 g/mol. The highest BCUT2D eigenvalue weighted by Gasteiger charge is 2.11. The number of ether oxygens (including phenoxy) is 1. The van der Waals surface area contributed by atoms with E-state index in [1.807, 2.05) is 24.3 Å². The second kappa shape index (κ2) is 11.6. The van der Waals surface area contributed by atoms with E-state index in [-0.39, 0.29) is 6.10 Å². The minimum atomic E-state index is 0.0264. The topological polar surface area (TPSA) is 29.5 Å². The van der Waals surface area contributed by atoms with Gasteiger partial charge in [0.2, 0.25) is 0 Å². The van der Waals surface area contributed by atoms with Crippen molar-refractivity contribution in [1.29, 1.82) is 0 Å². The number of benzene rings is 2. The Kier molecular flexibility index (Phi) is 9.09. The van der Waals surface area contributed by atoms with Crippen LogP contribution in [0.3, 0.4) is 0 Å². The number of para-hydroxylation sites is 2. The first-order valence-electron chi connectivity index (χ1n) is 10.2. The van der Waals surface area contributed by atoms with Crippen molar-refractivity contribution in [3.05, 3.63) is 59.7 Å². The third kappa shape index (κ3) is 7.11. The van der Waals surface area contributed by atoms with E-state index in [1.54, 1.807) is 6.07 Å². The largest absolute Gasteiger partial charge is 0.508 e. The van der Waals surface area contributed by atoms with Crippen LogP contribution in [-0.4, -0.2) is 11.2 Å². The normalized spacial score (nSPS) is 12.1. The molecular formula is C24H34O2. The van der Waals surface area contributed by atoms with E-state index < -0.39 is 0 Å². The summed E-state index contributed by atoms with van der Waals surface area (Å²) in [5, 5.41) is 9.95. The van der Waals surface area contributed by atoms with Crippen LogP contribution < -0.4 is 4.74 Å². The molecule has 0 aromatic heterocycles. The average Bonchev–Trinajstić information content (AvgIpc) is 2.64. The van der Waals surface area contributed by atoms with E-state index in [9.17, 15) is 5.11 Å². The molecule has 0 spiro atoms. The Morgan fingerprint density at radius 1 is 0.808 bits per heavy atom. The van der Waals surface area contributed by atoms with Gasteiger partial charge in [-0.25, -0.2) is 0 Å². The smallest absolute Gasteiger partial charge is 0.122 e. The lowest BCUT2D eigenvalue weighted by atomic mass is 10.0. The van der Waals surface area contributed by atoms with Crippen molar-refractivity contribution < 1.29 is 9.84 Å². The summed E-state index contributed by atoms with van der Waals surface area (Å²) in [6.07, 6.45) is 11.1. The van der Waals surface area contributed by atoms with Gasteiger partial charge in [-0.2, -0.15) is 0 Å². The van der Waals surface area contributed by atoms with Crippen molar-refractivity contribution in [2.75, 3.05) is 0 Å². The summed E-state index contributed by atoms with van der Waals surface area (Å²) in [7, 11) is 0. The molecule has 2 rings (SSSR count). The fourth-order valence-corrected chi connectivity index (χ4v) is 3.35. The van der Waals surface area contributed by atoms with Gasteiger partial charge < -0.3 is 9.84 Å². The minimum Gasteiger partial charge on any atom is -0.508 e. The number of hydrogen-bond acceptors (Lipinski definition) is 2. The molecule has 2 heteroatoms. The zero-order valence-corrected chi connectivity index (χ0v) is 16.4. The lowest BCUT2D eigenvalue weighted by Gasteiger charge is -2.18. The van der Waals surface area contributed by atoms with Gasteiger partial charge in [-0.15, -0.1) is 0 Å². The molecule has 0 amide bonds. The van der Waals surface area contributed by atoms with Crippen LogP contribution in [0.15, 0.2) is 48.5 Å². The van der Waals surface area contributed by atoms with Crippen LogP contribution in [0.1, 0.15) is 69.9 Å². The minimum absolute atomic E-state index is 0.0264. The number of unbranched alkanes of at least 4 members (excludes halogenated alkanes) is 6. The van der Waals surface area contributed by atoms with Gasteiger partial charge in [-0.05, 0) is 43.0 Å². The van der Waals surface area contributed by atoms with Gasteiger partial charge in [0.25, 0.3) is 0 Å². The van der Waals surface area contributed by atoms with Crippen LogP contribution in [0.5, 0.6) is 11.5 Å². The summed E-state index contributed by atoms with van der Waals surface area (Å²) < 4.78 is 6.20. The van der Waals surface area contributed by atoms with Crippen LogP contribution in [0.2, 0.25) is 0 Å². The van der Waals surface area contributed by atoms with E-state index in [4.69, 9.17) is 4.74 Å². The van der Waals surface area contributed by atoms with Gasteiger partial charge in [0, 0.05) is 6.42 Å². The predicted octanol–water partition coefficient (Wildman–Crippen LogP) is 6.70. The summed E-state index contributed by atoms with van der Waals surface area (Å²) in [5.41, 5.74) is 2.23. The SMILES string of the molecule is CCCCCCCCCc1ccccc1OC(C)Cc1ccccc1O. The third-order valence-corrected chi connectivity index (χ3v) is 4.85. The second-order valence-corrected chi connectivity index (χ2v) is 7.24. The summed E-state index contributed by atoms with van der Waals surface area (Å²) >= 11 is 0. The van der Waals surface area contributed by atoms with E-state index in [2.05, 4.69) is 32.0 Å². The monoisotopic (exact) mass is 354 g/mol. The maximum Gasteiger partial charge on any atom is 0.122 e. The Morgan fingerprint density at radius 3 is 2.15 bits per heavy atom. The van der Waals surface area contributed by atoms with Gasteiger partial charge in [0.05, 0.1) is 0 Å². The average molecular weight is 355 g/mol. The molecule has 26 heavy (non-hydrogen) atoms. The van der Waals surface area contributed by atoms with Gasteiger partial charge in [-0.3, -0.25) is 0 Å².